The molecular formula is C19H25ClO6. The zero-order chi connectivity index (χ0) is 18.9. The first-order chi connectivity index (χ1) is 12.3. The molecule has 0 N–H and O–H groups in total. The summed E-state index contributed by atoms with van der Waals surface area (Å²) >= 11 is 5.53. The van der Waals surface area contributed by atoms with Crippen LogP contribution < -0.4 is 0 Å². The Morgan fingerprint density at radius 1 is 1.31 bits per heavy atom. The lowest BCUT2D eigenvalue weighted by Crippen LogP contribution is -2.43. The van der Waals surface area contributed by atoms with Crippen molar-refractivity contribution in [1.82, 2.24) is 0 Å². The number of esters is 1. The highest BCUT2D eigenvalue weighted by molar-refractivity contribution is 6.26. The van der Waals surface area contributed by atoms with Crippen LogP contribution in [0.4, 0.5) is 0 Å². The monoisotopic (exact) mass is 384 g/mol. The molecule has 1 aromatic carbocycles. The highest BCUT2D eigenvalue weighted by atomic mass is 35.5. The minimum Gasteiger partial charge on any atom is -0.459 e. The number of alkyl halides is 1. The summed E-state index contributed by atoms with van der Waals surface area (Å²) in [4.78, 5) is 11.5. The van der Waals surface area contributed by atoms with Crippen molar-refractivity contribution in [2.45, 2.75) is 70.8 Å². The van der Waals surface area contributed by atoms with Gasteiger partial charge in [-0.25, -0.2) is 0 Å². The molecule has 0 unspecified atom stereocenters. The highest BCUT2D eigenvalue weighted by Crippen LogP contribution is 2.40. The maximum Gasteiger partial charge on any atom is 0.321 e. The summed E-state index contributed by atoms with van der Waals surface area (Å²) < 4.78 is 29.2. The van der Waals surface area contributed by atoms with E-state index in [4.69, 9.17) is 35.3 Å². The van der Waals surface area contributed by atoms with Gasteiger partial charge in [0.1, 0.15) is 30.3 Å². The predicted octanol–water partition coefficient (Wildman–Crippen LogP) is 2.93. The van der Waals surface area contributed by atoms with Gasteiger partial charge < -0.3 is 23.7 Å². The van der Waals surface area contributed by atoms with Crippen LogP contribution in [0.15, 0.2) is 24.3 Å². The van der Waals surface area contributed by atoms with Crippen molar-refractivity contribution in [2.24, 2.45) is 0 Å². The molecule has 26 heavy (non-hydrogen) atoms. The first-order valence-electron chi connectivity index (χ1n) is 8.73. The lowest BCUT2D eigenvalue weighted by molar-refractivity contribution is -0.231. The van der Waals surface area contributed by atoms with E-state index in [1.54, 1.807) is 6.92 Å². The summed E-state index contributed by atoms with van der Waals surface area (Å²) in [6.07, 6.45) is -2.42. The van der Waals surface area contributed by atoms with Gasteiger partial charge in [0, 0.05) is 0 Å². The normalized spacial score (nSPS) is 30.8. The third kappa shape index (κ3) is 4.21. The number of halogens is 1. The van der Waals surface area contributed by atoms with E-state index in [-0.39, 0.29) is 5.88 Å². The van der Waals surface area contributed by atoms with Crippen molar-refractivity contribution in [1.29, 1.82) is 0 Å². The van der Waals surface area contributed by atoms with Gasteiger partial charge in [0.05, 0.1) is 6.61 Å². The number of hydrogen-bond acceptors (Lipinski definition) is 6. The smallest absolute Gasteiger partial charge is 0.321 e. The van der Waals surface area contributed by atoms with Gasteiger partial charge in [0.25, 0.3) is 0 Å². The van der Waals surface area contributed by atoms with Crippen molar-refractivity contribution in [2.75, 3.05) is 5.88 Å². The molecule has 2 saturated heterocycles. The minimum atomic E-state index is -0.749. The number of aryl methyl sites for hydroxylation is 1. The van der Waals surface area contributed by atoms with Crippen LogP contribution in [0.5, 0.6) is 0 Å². The van der Waals surface area contributed by atoms with Crippen LogP contribution >= 0.6 is 11.6 Å². The van der Waals surface area contributed by atoms with E-state index in [9.17, 15) is 4.79 Å². The lowest BCUT2D eigenvalue weighted by atomic mass is 10.1. The molecule has 2 fully saturated rings. The zero-order valence-corrected chi connectivity index (χ0v) is 16.2. The van der Waals surface area contributed by atoms with Crippen molar-refractivity contribution in [3.63, 3.8) is 0 Å². The Labute approximate surface area is 158 Å². The predicted molar refractivity (Wildman–Crippen MR) is 94.7 cm³/mol. The molecule has 0 aliphatic carbocycles. The Bertz CT molecular complexity index is 649. The molecule has 2 heterocycles. The molecule has 3 rings (SSSR count). The summed E-state index contributed by atoms with van der Waals surface area (Å²) in [5.41, 5.74) is 2.23. The third-order valence-corrected chi connectivity index (χ3v) is 4.83. The molecule has 6 nitrogen and oxygen atoms in total. The fraction of sp³-hybridized carbons (Fsp3) is 0.632. The van der Waals surface area contributed by atoms with Gasteiger partial charge >= 0.3 is 5.97 Å². The van der Waals surface area contributed by atoms with Gasteiger partial charge in [-0.05, 0) is 38.8 Å². The summed E-state index contributed by atoms with van der Waals surface area (Å²) in [5, 5.41) is 0. The molecule has 2 aliphatic heterocycles. The second kappa shape index (κ2) is 7.82. The van der Waals surface area contributed by atoms with E-state index >= 15 is 0 Å². The number of fused-ring (bicyclic) bond motifs is 1. The molecule has 0 bridgehead atoms. The molecule has 0 spiro atoms. The van der Waals surface area contributed by atoms with E-state index in [0.717, 1.165) is 11.1 Å². The molecule has 0 aromatic heterocycles. The third-order valence-electron chi connectivity index (χ3n) is 4.61. The van der Waals surface area contributed by atoms with Crippen LogP contribution in [-0.4, -0.2) is 48.3 Å². The number of hydrogen-bond donors (Lipinski definition) is 0. The van der Waals surface area contributed by atoms with Gasteiger partial charge in [-0.15, -0.1) is 11.6 Å². The van der Waals surface area contributed by atoms with E-state index in [0.29, 0.717) is 6.61 Å². The number of carbonyl (C=O) groups excluding carboxylic acids is 1. The van der Waals surface area contributed by atoms with Gasteiger partial charge in [-0.1, -0.05) is 24.3 Å². The Balaban J connectivity index is 1.74. The molecule has 0 saturated carbocycles. The van der Waals surface area contributed by atoms with Crippen LogP contribution in [-0.2, 0) is 35.1 Å². The van der Waals surface area contributed by atoms with Crippen molar-refractivity contribution >= 4 is 17.6 Å². The highest BCUT2D eigenvalue weighted by Gasteiger charge is 2.57. The van der Waals surface area contributed by atoms with E-state index in [1.807, 2.05) is 45.0 Å². The molecule has 1 aromatic rings. The molecule has 7 heteroatoms. The summed E-state index contributed by atoms with van der Waals surface area (Å²) in [6, 6.07) is 8.01. The maximum absolute atomic E-state index is 11.5. The van der Waals surface area contributed by atoms with Crippen LogP contribution in [0.1, 0.15) is 31.9 Å². The Morgan fingerprint density at radius 2 is 2.04 bits per heavy atom. The topological polar surface area (TPSA) is 63.2 Å². The second-order valence-corrected chi connectivity index (χ2v) is 7.37. The molecule has 144 valence electrons. The van der Waals surface area contributed by atoms with E-state index in [2.05, 4.69) is 0 Å². The Kier molecular flexibility index (Phi) is 5.89. The minimum absolute atomic E-state index is 0.210. The second-order valence-electron chi connectivity index (χ2n) is 7.10. The number of rotatable bonds is 6. The average molecular weight is 385 g/mol. The Hall–Kier alpha value is -1.18. The van der Waals surface area contributed by atoms with E-state index < -0.39 is 42.5 Å². The quantitative estimate of drug-likeness (QED) is 0.555. The lowest BCUT2D eigenvalue weighted by Gasteiger charge is -2.29. The van der Waals surface area contributed by atoms with Gasteiger partial charge in [-0.3, -0.25) is 4.79 Å². The maximum atomic E-state index is 11.5. The van der Waals surface area contributed by atoms with Gasteiger partial charge in [0.15, 0.2) is 12.1 Å². The van der Waals surface area contributed by atoms with Crippen LogP contribution in [0.2, 0.25) is 0 Å². The zero-order valence-electron chi connectivity index (χ0n) is 15.4. The summed E-state index contributed by atoms with van der Waals surface area (Å²) in [6.45, 7) is 7.86. The molecule has 2 aliphatic rings. The number of carbonyl (C=O) groups is 1. The van der Waals surface area contributed by atoms with Crippen molar-refractivity contribution in [3.8, 4) is 0 Å². The first kappa shape index (κ1) is 19.6. The average Bonchev–Trinajstić information content (AvgIpc) is 3.06. The Morgan fingerprint density at radius 3 is 2.73 bits per heavy atom. The van der Waals surface area contributed by atoms with Crippen LogP contribution in [0.3, 0.4) is 0 Å². The standard InChI is InChI=1S/C19H25ClO6/c1-11-7-5-6-8-13(11)10-22-16-15(12(2)23-14(21)9-20)24-18-17(16)25-19(3,4)26-18/h5-8,12,15-18H,9-10H2,1-4H3/t12-,15-,16+,17-,18-/m1/s1. The fourth-order valence-electron chi connectivity index (χ4n) is 3.34. The summed E-state index contributed by atoms with van der Waals surface area (Å²) in [7, 11) is 0. The first-order valence-corrected chi connectivity index (χ1v) is 9.27. The van der Waals surface area contributed by atoms with Gasteiger partial charge in [0.2, 0.25) is 0 Å². The van der Waals surface area contributed by atoms with Crippen molar-refractivity contribution < 1.29 is 28.5 Å². The van der Waals surface area contributed by atoms with E-state index in [1.165, 1.54) is 0 Å². The largest absolute Gasteiger partial charge is 0.459 e. The number of benzene rings is 1. The molecular weight excluding hydrogens is 360 g/mol. The molecule has 5 atom stereocenters. The molecule has 0 amide bonds. The summed E-state index contributed by atoms with van der Waals surface area (Å²) in [5.74, 6) is -1.46. The molecule has 0 radical (unpaired) electrons. The van der Waals surface area contributed by atoms with Gasteiger partial charge in [-0.2, -0.15) is 0 Å². The fourth-order valence-corrected chi connectivity index (χ4v) is 3.40. The van der Waals surface area contributed by atoms with Crippen LogP contribution in [0.25, 0.3) is 0 Å². The SMILES string of the molecule is Cc1ccccc1CO[C@@H]1[C@H]2OC(C)(C)O[C@H]2O[C@@H]1[C@@H](C)OC(=O)CCl. The number of ether oxygens (including phenoxy) is 5. The van der Waals surface area contributed by atoms with Crippen molar-refractivity contribution in [3.05, 3.63) is 35.4 Å². The van der Waals surface area contributed by atoms with Crippen LogP contribution in [0, 0.1) is 6.92 Å².